The first-order chi connectivity index (χ1) is 14.1. The van der Waals surface area contributed by atoms with E-state index in [0.29, 0.717) is 12.0 Å². The van der Waals surface area contributed by atoms with E-state index in [4.69, 9.17) is 0 Å². The third kappa shape index (κ3) is 4.45. The molecule has 1 amide bonds. The third-order valence-corrected chi connectivity index (χ3v) is 6.89. The van der Waals surface area contributed by atoms with Crippen LogP contribution in [0.1, 0.15) is 39.5 Å². The Morgan fingerprint density at radius 1 is 1.00 bits per heavy atom. The fourth-order valence-corrected chi connectivity index (χ4v) is 4.93. The van der Waals surface area contributed by atoms with Crippen LogP contribution in [-0.2, 0) is 4.79 Å². The smallest absolute Gasteiger partial charge is 0.233 e. The van der Waals surface area contributed by atoms with E-state index >= 15 is 0 Å². The second-order valence-corrected chi connectivity index (χ2v) is 9.23. The lowest BCUT2D eigenvalue weighted by Gasteiger charge is -2.30. The Balaban J connectivity index is 1.56. The first-order valence-electron chi connectivity index (χ1n) is 10.4. The van der Waals surface area contributed by atoms with Crippen LogP contribution in [0.2, 0.25) is 0 Å². The van der Waals surface area contributed by atoms with Gasteiger partial charge in [0.2, 0.25) is 5.91 Å². The number of hydrogen-bond acceptors (Lipinski definition) is 4. The number of rotatable bonds is 5. The van der Waals surface area contributed by atoms with Gasteiger partial charge in [0.25, 0.3) is 0 Å². The van der Waals surface area contributed by atoms with Crippen LogP contribution in [0.5, 0.6) is 0 Å². The lowest BCUT2D eigenvalue weighted by molar-refractivity contribution is -0.121. The first-order valence-corrected chi connectivity index (χ1v) is 11.3. The Labute approximate surface area is 176 Å². The Kier molecular flexibility index (Phi) is 6.14. The lowest BCUT2D eigenvalue weighted by atomic mass is 9.86. The van der Waals surface area contributed by atoms with Gasteiger partial charge in [-0.1, -0.05) is 86.1 Å². The molecule has 3 atom stereocenters. The molecule has 2 aromatic carbocycles. The molecule has 1 heterocycles. The maximum Gasteiger partial charge on any atom is 0.233 e. The standard InChI is InChI=1S/C24H27N3OS/c1-16-10-6-9-15-21(16)25-23(28)17(2)29-24-20-14-8-7-13-19(20)22(26-27-24)18-11-4-3-5-12-18/h3-5,7-8,11-14,16-17,21H,6,9-10,15H2,1-2H3,(H,25,28)/t16-,17-,21+/m1/s1. The number of aromatic nitrogens is 2. The van der Waals surface area contributed by atoms with Gasteiger partial charge < -0.3 is 5.32 Å². The summed E-state index contributed by atoms with van der Waals surface area (Å²) < 4.78 is 0. The van der Waals surface area contributed by atoms with Crippen molar-refractivity contribution in [2.45, 2.75) is 55.8 Å². The summed E-state index contributed by atoms with van der Waals surface area (Å²) in [7, 11) is 0. The largest absolute Gasteiger partial charge is 0.352 e. The number of carbonyl (C=O) groups excluding carboxylic acids is 1. The van der Waals surface area contributed by atoms with Crippen molar-refractivity contribution in [3.63, 3.8) is 0 Å². The first kappa shape index (κ1) is 19.9. The van der Waals surface area contributed by atoms with Crippen molar-refractivity contribution in [1.82, 2.24) is 15.5 Å². The van der Waals surface area contributed by atoms with Crippen molar-refractivity contribution in [3.05, 3.63) is 54.6 Å². The zero-order valence-corrected chi connectivity index (χ0v) is 17.8. The van der Waals surface area contributed by atoms with Crippen LogP contribution < -0.4 is 5.32 Å². The number of carbonyl (C=O) groups is 1. The summed E-state index contributed by atoms with van der Waals surface area (Å²) in [5, 5.41) is 15.0. The van der Waals surface area contributed by atoms with Gasteiger partial charge in [-0.25, -0.2) is 0 Å². The van der Waals surface area contributed by atoms with Gasteiger partial charge in [-0.2, -0.15) is 0 Å². The minimum atomic E-state index is -0.218. The molecule has 0 spiro atoms. The highest BCUT2D eigenvalue weighted by molar-refractivity contribution is 8.00. The zero-order valence-electron chi connectivity index (χ0n) is 17.0. The maximum atomic E-state index is 12.8. The topological polar surface area (TPSA) is 54.9 Å². The van der Waals surface area contributed by atoms with Crippen LogP contribution in [-0.4, -0.2) is 27.4 Å². The van der Waals surface area contributed by atoms with Gasteiger partial charge in [-0.15, -0.1) is 10.2 Å². The quantitative estimate of drug-likeness (QED) is 0.572. The molecule has 29 heavy (non-hydrogen) atoms. The predicted molar refractivity (Wildman–Crippen MR) is 120 cm³/mol. The molecule has 0 aliphatic heterocycles. The van der Waals surface area contributed by atoms with Gasteiger partial charge >= 0.3 is 0 Å². The summed E-state index contributed by atoms with van der Waals surface area (Å²) in [5.74, 6) is 0.641. The minimum absolute atomic E-state index is 0.0896. The molecule has 0 saturated heterocycles. The molecule has 4 rings (SSSR count). The van der Waals surface area contributed by atoms with E-state index in [1.165, 1.54) is 31.0 Å². The zero-order chi connectivity index (χ0) is 20.2. The molecule has 5 heteroatoms. The van der Waals surface area contributed by atoms with Gasteiger partial charge in [-0.05, 0) is 25.7 Å². The lowest BCUT2D eigenvalue weighted by Crippen LogP contribution is -2.44. The van der Waals surface area contributed by atoms with Crippen molar-refractivity contribution >= 4 is 28.4 Å². The fourth-order valence-electron chi connectivity index (χ4n) is 4.03. The SMILES string of the molecule is C[C@@H]1CCCC[C@@H]1NC(=O)[C@@H](C)Sc1nnc(-c2ccccc2)c2ccccc12. The van der Waals surface area contributed by atoms with Crippen molar-refractivity contribution in [2.75, 3.05) is 0 Å². The van der Waals surface area contributed by atoms with E-state index in [1.54, 1.807) is 0 Å². The number of benzene rings is 2. The van der Waals surface area contributed by atoms with E-state index < -0.39 is 0 Å². The van der Waals surface area contributed by atoms with Crippen LogP contribution in [0.25, 0.3) is 22.0 Å². The monoisotopic (exact) mass is 405 g/mol. The molecular weight excluding hydrogens is 378 g/mol. The van der Waals surface area contributed by atoms with Crippen LogP contribution in [0.15, 0.2) is 59.6 Å². The molecule has 1 aliphatic rings. The summed E-state index contributed by atoms with van der Waals surface area (Å²) >= 11 is 1.49. The van der Waals surface area contributed by atoms with E-state index in [-0.39, 0.29) is 11.2 Å². The number of hydrogen-bond donors (Lipinski definition) is 1. The van der Waals surface area contributed by atoms with Crippen molar-refractivity contribution < 1.29 is 4.79 Å². The molecule has 1 aliphatic carbocycles. The molecule has 1 N–H and O–H groups in total. The van der Waals surface area contributed by atoms with Crippen LogP contribution >= 0.6 is 11.8 Å². The summed E-state index contributed by atoms with van der Waals surface area (Å²) in [5.41, 5.74) is 1.92. The molecule has 0 bridgehead atoms. The predicted octanol–water partition coefficient (Wildman–Crippen LogP) is 5.47. The van der Waals surface area contributed by atoms with E-state index in [0.717, 1.165) is 33.5 Å². The summed E-state index contributed by atoms with van der Waals surface area (Å²) in [6.45, 7) is 4.19. The van der Waals surface area contributed by atoms with Crippen molar-refractivity contribution in [2.24, 2.45) is 5.92 Å². The molecular formula is C24H27N3OS. The maximum absolute atomic E-state index is 12.8. The summed E-state index contributed by atoms with van der Waals surface area (Å²) in [4.78, 5) is 12.8. The van der Waals surface area contributed by atoms with E-state index in [1.807, 2.05) is 49.4 Å². The Hall–Kier alpha value is -2.40. The molecule has 3 aromatic rings. The highest BCUT2D eigenvalue weighted by atomic mass is 32.2. The fraction of sp³-hybridized carbons (Fsp3) is 0.375. The molecule has 0 radical (unpaired) electrons. The molecule has 4 nitrogen and oxygen atoms in total. The highest BCUT2D eigenvalue weighted by Gasteiger charge is 2.26. The van der Waals surface area contributed by atoms with Gasteiger partial charge in [0.1, 0.15) is 10.7 Å². The Morgan fingerprint density at radius 3 is 2.45 bits per heavy atom. The second-order valence-electron chi connectivity index (χ2n) is 7.90. The van der Waals surface area contributed by atoms with Gasteiger partial charge in [0, 0.05) is 22.4 Å². The average molecular weight is 406 g/mol. The Bertz CT molecular complexity index is 992. The Morgan fingerprint density at radius 2 is 1.69 bits per heavy atom. The summed E-state index contributed by atoms with van der Waals surface area (Å²) in [6.07, 6.45) is 4.75. The van der Waals surface area contributed by atoms with Crippen LogP contribution in [0.3, 0.4) is 0 Å². The third-order valence-electron chi connectivity index (χ3n) is 5.80. The van der Waals surface area contributed by atoms with Crippen LogP contribution in [0, 0.1) is 5.92 Å². The number of nitrogens with one attached hydrogen (secondary N) is 1. The van der Waals surface area contributed by atoms with Crippen LogP contribution in [0.4, 0.5) is 0 Å². The molecule has 0 unspecified atom stereocenters. The molecule has 1 fully saturated rings. The normalized spacial score (nSPS) is 20.3. The number of nitrogens with zero attached hydrogens (tertiary/aromatic N) is 2. The molecule has 1 saturated carbocycles. The van der Waals surface area contributed by atoms with Crippen molar-refractivity contribution in [1.29, 1.82) is 0 Å². The van der Waals surface area contributed by atoms with Gasteiger partial charge in [0.05, 0.1) is 5.25 Å². The summed E-state index contributed by atoms with van der Waals surface area (Å²) in [6, 6.07) is 18.6. The average Bonchev–Trinajstić information content (AvgIpc) is 2.76. The minimum Gasteiger partial charge on any atom is -0.352 e. The van der Waals surface area contributed by atoms with E-state index in [9.17, 15) is 4.79 Å². The van der Waals surface area contributed by atoms with Crippen molar-refractivity contribution in [3.8, 4) is 11.3 Å². The number of amides is 1. The number of fused-ring (bicyclic) bond motifs is 1. The number of thioether (sulfide) groups is 1. The molecule has 150 valence electrons. The van der Waals surface area contributed by atoms with Gasteiger partial charge in [-0.3, -0.25) is 4.79 Å². The van der Waals surface area contributed by atoms with Gasteiger partial charge in [0.15, 0.2) is 0 Å². The van der Waals surface area contributed by atoms with E-state index in [2.05, 4.69) is 34.6 Å². The highest BCUT2D eigenvalue weighted by Crippen LogP contribution is 2.33. The second kappa shape index (κ2) is 8.95. The molecule has 1 aromatic heterocycles.